The first-order valence-corrected chi connectivity index (χ1v) is 6.38. The minimum absolute atomic E-state index is 0.0675. The molecule has 20 heavy (non-hydrogen) atoms. The Kier molecular flexibility index (Phi) is 4.13. The number of halogens is 3. The molecule has 0 aliphatic heterocycles. The van der Waals surface area contributed by atoms with E-state index in [1.165, 1.54) is 12.1 Å². The van der Waals surface area contributed by atoms with E-state index >= 15 is 0 Å². The molecule has 0 saturated carbocycles. The first kappa shape index (κ1) is 14.6. The van der Waals surface area contributed by atoms with Gasteiger partial charge in [-0.15, -0.1) is 0 Å². The average molecular weight is 283 g/mol. The summed E-state index contributed by atoms with van der Waals surface area (Å²) in [7, 11) is 0. The molecule has 2 N–H and O–H groups in total. The Balaban J connectivity index is 2.43. The summed E-state index contributed by atoms with van der Waals surface area (Å²) in [4.78, 5) is 0. The van der Waals surface area contributed by atoms with Crippen molar-refractivity contribution >= 4 is 0 Å². The van der Waals surface area contributed by atoms with E-state index in [0.29, 0.717) is 12.2 Å². The number of aromatic nitrogens is 2. The van der Waals surface area contributed by atoms with Gasteiger partial charge in [-0.25, -0.2) is 0 Å². The van der Waals surface area contributed by atoms with Gasteiger partial charge in [-0.05, 0) is 24.1 Å². The van der Waals surface area contributed by atoms with E-state index in [0.717, 1.165) is 12.5 Å². The molecule has 0 spiro atoms. The molecule has 0 fully saturated rings. The normalized spacial score (nSPS) is 13.4. The topological polar surface area (TPSA) is 43.8 Å². The lowest BCUT2D eigenvalue weighted by Gasteiger charge is -2.19. The predicted octanol–water partition coefficient (Wildman–Crippen LogP) is 3.36. The van der Waals surface area contributed by atoms with Crippen molar-refractivity contribution in [2.45, 2.75) is 32.1 Å². The highest BCUT2D eigenvalue weighted by Gasteiger charge is 2.35. The Morgan fingerprint density at radius 2 is 1.95 bits per heavy atom. The summed E-state index contributed by atoms with van der Waals surface area (Å²) in [5.74, 6) is 0. The van der Waals surface area contributed by atoms with Gasteiger partial charge in [0.25, 0.3) is 0 Å². The largest absolute Gasteiger partial charge is 0.416 e. The van der Waals surface area contributed by atoms with Crippen molar-refractivity contribution in [3.63, 3.8) is 0 Å². The van der Waals surface area contributed by atoms with Crippen LogP contribution in [-0.4, -0.2) is 9.78 Å². The van der Waals surface area contributed by atoms with Gasteiger partial charge < -0.3 is 5.73 Å². The standard InChI is InChI=1S/C14H16F3N3/c1-2-9-20-12(7-8-19-20)13(18)10-5-3-4-6-11(10)14(15,16)17/h3-8,13H,2,9,18H2,1H3. The van der Waals surface area contributed by atoms with Crippen LogP contribution in [0, 0.1) is 0 Å². The molecule has 0 bridgehead atoms. The second-order valence-corrected chi connectivity index (χ2v) is 4.54. The molecule has 0 amide bonds. The summed E-state index contributed by atoms with van der Waals surface area (Å²) >= 11 is 0. The van der Waals surface area contributed by atoms with E-state index < -0.39 is 17.8 Å². The molecule has 108 valence electrons. The summed E-state index contributed by atoms with van der Waals surface area (Å²) in [6.45, 7) is 2.60. The Morgan fingerprint density at radius 3 is 2.60 bits per heavy atom. The molecule has 1 atom stereocenters. The third-order valence-corrected chi connectivity index (χ3v) is 3.10. The number of benzene rings is 1. The fraction of sp³-hybridized carbons (Fsp3) is 0.357. The summed E-state index contributed by atoms with van der Waals surface area (Å²) in [5.41, 5.74) is 5.99. The molecule has 0 radical (unpaired) electrons. The number of hydrogen-bond acceptors (Lipinski definition) is 2. The van der Waals surface area contributed by atoms with Crippen molar-refractivity contribution < 1.29 is 13.2 Å². The third-order valence-electron chi connectivity index (χ3n) is 3.10. The number of rotatable bonds is 4. The van der Waals surface area contributed by atoms with E-state index in [2.05, 4.69) is 5.10 Å². The third kappa shape index (κ3) is 2.85. The van der Waals surface area contributed by atoms with Gasteiger partial charge in [0.1, 0.15) is 0 Å². The van der Waals surface area contributed by atoms with Crippen LogP contribution in [0.3, 0.4) is 0 Å². The Morgan fingerprint density at radius 1 is 1.25 bits per heavy atom. The van der Waals surface area contributed by atoms with Gasteiger partial charge in [-0.1, -0.05) is 25.1 Å². The first-order valence-electron chi connectivity index (χ1n) is 6.38. The second kappa shape index (κ2) is 5.66. The summed E-state index contributed by atoms with van der Waals surface area (Å²) in [6, 6.07) is 6.20. The Bertz CT molecular complexity index is 575. The van der Waals surface area contributed by atoms with Crippen molar-refractivity contribution in [1.29, 1.82) is 0 Å². The predicted molar refractivity (Wildman–Crippen MR) is 70.0 cm³/mol. The van der Waals surface area contributed by atoms with Crippen LogP contribution in [0.1, 0.15) is 36.2 Å². The maximum atomic E-state index is 13.0. The fourth-order valence-electron chi connectivity index (χ4n) is 2.19. The van der Waals surface area contributed by atoms with Gasteiger partial charge >= 0.3 is 6.18 Å². The van der Waals surface area contributed by atoms with Crippen molar-refractivity contribution in [2.24, 2.45) is 5.73 Å². The fourth-order valence-corrected chi connectivity index (χ4v) is 2.19. The zero-order valence-electron chi connectivity index (χ0n) is 11.1. The molecular formula is C14H16F3N3. The van der Waals surface area contributed by atoms with E-state index in [4.69, 9.17) is 5.73 Å². The summed E-state index contributed by atoms with van der Waals surface area (Å²) in [6.07, 6.45) is -2.02. The van der Waals surface area contributed by atoms with Crippen molar-refractivity contribution in [3.8, 4) is 0 Å². The lowest BCUT2D eigenvalue weighted by molar-refractivity contribution is -0.138. The summed E-state index contributed by atoms with van der Waals surface area (Å²) < 4.78 is 40.7. The minimum atomic E-state index is -4.41. The highest BCUT2D eigenvalue weighted by atomic mass is 19.4. The van der Waals surface area contributed by atoms with Crippen LogP contribution in [0.15, 0.2) is 36.5 Å². The van der Waals surface area contributed by atoms with Gasteiger partial charge in [0.2, 0.25) is 0 Å². The van der Waals surface area contributed by atoms with E-state index in [1.54, 1.807) is 23.0 Å². The molecule has 6 heteroatoms. The quantitative estimate of drug-likeness (QED) is 0.935. The minimum Gasteiger partial charge on any atom is -0.319 e. The monoisotopic (exact) mass is 283 g/mol. The Hall–Kier alpha value is -1.82. The maximum absolute atomic E-state index is 13.0. The van der Waals surface area contributed by atoms with Crippen LogP contribution in [0.2, 0.25) is 0 Å². The molecule has 1 aromatic heterocycles. The molecule has 3 nitrogen and oxygen atoms in total. The van der Waals surface area contributed by atoms with Gasteiger partial charge in [0.15, 0.2) is 0 Å². The van der Waals surface area contributed by atoms with Gasteiger partial charge in [-0.2, -0.15) is 18.3 Å². The molecule has 0 aliphatic rings. The molecule has 1 heterocycles. The number of hydrogen-bond donors (Lipinski definition) is 1. The van der Waals surface area contributed by atoms with Crippen molar-refractivity contribution in [1.82, 2.24) is 9.78 Å². The van der Waals surface area contributed by atoms with Gasteiger partial charge in [0, 0.05) is 12.7 Å². The molecular weight excluding hydrogens is 267 g/mol. The zero-order chi connectivity index (χ0) is 14.8. The molecule has 2 aromatic rings. The van der Waals surface area contributed by atoms with Crippen LogP contribution < -0.4 is 5.73 Å². The van der Waals surface area contributed by atoms with Crippen LogP contribution in [0.25, 0.3) is 0 Å². The van der Waals surface area contributed by atoms with Crippen LogP contribution >= 0.6 is 0 Å². The lowest BCUT2D eigenvalue weighted by Crippen LogP contribution is -2.21. The number of nitrogens with zero attached hydrogens (tertiary/aromatic N) is 2. The number of nitrogens with two attached hydrogens (primary N) is 1. The highest BCUT2D eigenvalue weighted by Crippen LogP contribution is 2.35. The molecule has 2 rings (SSSR count). The SMILES string of the molecule is CCCn1nccc1C(N)c1ccccc1C(F)(F)F. The maximum Gasteiger partial charge on any atom is 0.416 e. The average Bonchev–Trinajstić information content (AvgIpc) is 2.85. The number of alkyl halides is 3. The van der Waals surface area contributed by atoms with Crippen molar-refractivity contribution in [2.75, 3.05) is 0 Å². The lowest BCUT2D eigenvalue weighted by atomic mass is 9.98. The van der Waals surface area contributed by atoms with Crippen molar-refractivity contribution in [3.05, 3.63) is 53.3 Å². The Labute approximate surface area is 115 Å². The van der Waals surface area contributed by atoms with Gasteiger partial charge in [-0.3, -0.25) is 4.68 Å². The number of aryl methyl sites for hydroxylation is 1. The molecule has 0 saturated heterocycles. The van der Waals surface area contributed by atoms with Crippen LogP contribution in [0.4, 0.5) is 13.2 Å². The first-order chi connectivity index (χ1) is 9.45. The van der Waals surface area contributed by atoms with E-state index in [1.807, 2.05) is 6.92 Å². The van der Waals surface area contributed by atoms with Crippen LogP contribution in [-0.2, 0) is 12.7 Å². The van der Waals surface area contributed by atoms with E-state index in [9.17, 15) is 13.2 Å². The highest BCUT2D eigenvalue weighted by molar-refractivity contribution is 5.36. The van der Waals surface area contributed by atoms with Gasteiger partial charge in [0.05, 0.1) is 17.3 Å². The van der Waals surface area contributed by atoms with E-state index in [-0.39, 0.29) is 5.56 Å². The molecule has 1 unspecified atom stereocenters. The molecule has 1 aromatic carbocycles. The summed E-state index contributed by atoms with van der Waals surface area (Å²) in [5, 5.41) is 4.10. The molecule has 0 aliphatic carbocycles. The zero-order valence-corrected chi connectivity index (χ0v) is 11.1. The van der Waals surface area contributed by atoms with Crippen LogP contribution in [0.5, 0.6) is 0 Å². The smallest absolute Gasteiger partial charge is 0.319 e. The second-order valence-electron chi connectivity index (χ2n) is 4.54.